The smallest absolute Gasteiger partial charge is 0.310 e. The van der Waals surface area contributed by atoms with Crippen molar-refractivity contribution in [1.82, 2.24) is 14.9 Å². The van der Waals surface area contributed by atoms with E-state index in [2.05, 4.69) is 9.97 Å². The Morgan fingerprint density at radius 2 is 1.96 bits per heavy atom. The van der Waals surface area contributed by atoms with Crippen molar-refractivity contribution in [2.75, 3.05) is 19.8 Å². The van der Waals surface area contributed by atoms with E-state index in [0.29, 0.717) is 5.69 Å². The Morgan fingerprint density at radius 1 is 1.32 bits per heavy atom. The SMILES string of the molecule is Cc1nc(N)nc(C(C)Oc2ccccc2[N+](=O)[O-])c1C(=O)N(C)C. The van der Waals surface area contributed by atoms with Gasteiger partial charge in [0.05, 0.1) is 21.9 Å². The molecule has 0 saturated heterocycles. The number of aryl methyl sites for hydroxylation is 1. The zero-order valence-corrected chi connectivity index (χ0v) is 14.4. The zero-order valence-electron chi connectivity index (χ0n) is 14.4. The number of ether oxygens (including phenoxy) is 1. The molecule has 25 heavy (non-hydrogen) atoms. The molecule has 1 amide bonds. The third-order valence-corrected chi connectivity index (χ3v) is 3.51. The minimum atomic E-state index is -0.746. The lowest BCUT2D eigenvalue weighted by molar-refractivity contribution is -0.386. The Kier molecular flexibility index (Phi) is 5.16. The minimum Gasteiger partial charge on any atom is -0.477 e. The van der Waals surface area contributed by atoms with Gasteiger partial charge in [0.2, 0.25) is 5.95 Å². The number of nitrogen functional groups attached to an aromatic ring is 1. The normalized spacial score (nSPS) is 11.7. The third kappa shape index (κ3) is 3.82. The van der Waals surface area contributed by atoms with Gasteiger partial charge in [0.15, 0.2) is 5.75 Å². The van der Waals surface area contributed by atoms with Crippen LogP contribution >= 0.6 is 0 Å². The van der Waals surface area contributed by atoms with Crippen molar-refractivity contribution in [3.63, 3.8) is 0 Å². The van der Waals surface area contributed by atoms with E-state index in [1.54, 1.807) is 40.1 Å². The van der Waals surface area contributed by atoms with Gasteiger partial charge in [-0.3, -0.25) is 14.9 Å². The van der Waals surface area contributed by atoms with Crippen LogP contribution in [-0.2, 0) is 0 Å². The second-order valence-corrected chi connectivity index (χ2v) is 5.61. The molecule has 0 fully saturated rings. The molecule has 0 aliphatic heterocycles. The molecule has 0 saturated carbocycles. The number of para-hydroxylation sites is 2. The maximum absolute atomic E-state index is 12.5. The summed E-state index contributed by atoms with van der Waals surface area (Å²) in [5.41, 5.74) is 6.49. The molecule has 2 rings (SSSR count). The lowest BCUT2D eigenvalue weighted by atomic mass is 10.1. The van der Waals surface area contributed by atoms with Crippen molar-refractivity contribution in [2.24, 2.45) is 0 Å². The molecular weight excluding hydrogens is 326 g/mol. The summed E-state index contributed by atoms with van der Waals surface area (Å²) in [6.45, 7) is 3.29. The molecule has 1 aromatic carbocycles. The lowest BCUT2D eigenvalue weighted by Crippen LogP contribution is -2.27. The van der Waals surface area contributed by atoms with Crippen LogP contribution in [0.2, 0.25) is 0 Å². The van der Waals surface area contributed by atoms with Crippen LogP contribution in [0.4, 0.5) is 11.6 Å². The summed E-state index contributed by atoms with van der Waals surface area (Å²) in [4.78, 5) is 32.6. The van der Waals surface area contributed by atoms with E-state index in [-0.39, 0.29) is 34.5 Å². The molecule has 1 heterocycles. The highest BCUT2D eigenvalue weighted by molar-refractivity contribution is 5.96. The van der Waals surface area contributed by atoms with Crippen LogP contribution in [0, 0.1) is 17.0 Å². The number of rotatable bonds is 5. The first-order valence-electron chi connectivity index (χ1n) is 7.48. The molecule has 1 unspecified atom stereocenters. The van der Waals surface area contributed by atoms with Crippen LogP contribution in [0.5, 0.6) is 5.75 Å². The van der Waals surface area contributed by atoms with Crippen LogP contribution in [0.15, 0.2) is 24.3 Å². The Bertz CT molecular complexity index is 822. The largest absolute Gasteiger partial charge is 0.477 e. The highest BCUT2D eigenvalue weighted by Gasteiger charge is 2.26. The van der Waals surface area contributed by atoms with Crippen molar-refractivity contribution in [1.29, 1.82) is 0 Å². The number of hydrogen-bond donors (Lipinski definition) is 1. The molecule has 0 spiro atoms. The number of anilines is 1. The van der Waals surface area contributed by atoms with E-state index in [1.807, 2.05) is 0 Å². The second kappa shape index (κ2) is 7.12. The van der Waals surface area contributed by atoms with Crippen LogP contribution in [0.1, 0.15) is 34.8 Å². The van der Waals surface area contributed by atoms with Crippen LogP contribution in [0.25, 0.3) is 0 Å². The molecule has 132 valence electrons. The molecule has 2 aromatic rings. The van der Waals surface area contributed by atoms with Gasteiger partial charge < -0.3 is 15.4 Å². The lowest BCUT2D eigenvalue weighted by Gasteiger charge is -2.20. The van der Waals surface area contributed by atoms with Crippen molar-refractivity contribution in [3.05, 3.63) is 51.3 Å². The topological polar surface area (TPSA) is 124 Å². The number of carbonyl (C=O) groups excluding carboxylic acids is 1. The van der Waals surface area contributed by atoms with Crippen molar-refractivity contribution >= 4 is 17.5 Å². The van der Waals surface area contributed by atoms with Gasteiger partial charge in [-0.2, -0.15) is 0 Å². The highest BCUT2D eigenvalue weighted by atomic mass is 16.6. The molecule has 2 N–H and O–H groups in total. The second-order valence-electron chi connectivity index (χ2n) is 5.61. The number of nitrogens with zero attached hydrogens (tertiary/aromatic N) is 4. The first-order valence-corrected chi connectivity index (χ1v) is 7.48. The number of nitrogens with two attached hydrogens (primary N) is 1. The molecule has 0 aliphatic rings. The average Bonchev–Trinajstić information content (AvgIpc) is 2.53. The maximum Gasteiger partial charge on any atom is 0.310 e. The summed E-state index contributed by atoms with van der Waals surface area (Å²) in [7, 11) is 3.21. The van der Waals surface area contributed by atoms with Gasteiger partial charge in [-0.15, -0.1) is 0 Å². The number of benzene rings is 1. The number of hydrogen-bond acceptors (Lipinski definition) is 7. The van der Waals surface area contributed by atoms with Gasteiger partial charge in [0.1, 0.15) is 6.10 Å². The summed E-state index contributed by atoms with van der Waals surface area (Å²) in [6, 6.07) is 6.00. The quantitative estimate of drug-likeness (QED) is 0.650. The van der Waals surface area contributed by atoms with Gasteiger partial charge in [0, 0.05) is 20.2 Å². The zero-order chi connectivity index (χ0) is 18.7. The van der Waals surface area contributed by atoms with Gasteiger partial charge in [-0.05, 0) is 19.9 Å². The summed E-state index contributed by atoms with van der Waals surface area (Å²) in [6.07, 6.45) is -0.746. The Balaban J connectivity index is 2.48. The fraction of sp³-hybridized carbons (Fsp3) is 0.312. The summed E-state index contributed by atoms with van der Waals surface area (Å²) < 4.78 is 5.72. The van der Waals surface area contributed by atoms with Gasteiger partial charge >= 0.3 is 5.69 Å². The van der Waals surface area contributed by atoms with E-state index in [0.717, 1.165) is 0 Å². The van der Waals surface area contributed by atoms with Crippen LogP contribution in [0.3, 0.4) is 0 Å². The van der Waals surface area contributed by atoms with E-state index < -0.39 is 11.0 Å². The molecule has 1 atom stereocenters. The van der Waals surface area contributed by atoms with Gasteiger partial charge in [0.25, 0.3) is 5.91 Å². The molecule has 1 aromatic heterocycles. The monoisotopic (exact) mass is 345 g/mol. The standard InChI is InChI=1S/C16H19N5O4/c1-9-13(15(22)20(3)4)14(19-16(17)18-9)10(2)25-12-8-6-5-7-11(12)21(23)24/h5-8,10H,1-4H3,(H2,17,18,19). The Labute approximate surface area is 144 Å². The first-order chi connectivity index (χ1) is 11.7. The molecule has 0 aliphatic carbocycles. The van der Waals surface area contributed by atoms with Crippen LogP contribution in [-0.4, -0.2) is 39.8 Å². The average molecular weight is 345 g/mol. The number of amides is 1. The van der Waals surface area contributed by atoms with Gasteiger partial charge in [-0.1, -0.05) is 12.1 Å². The number of aromatic nitrogens is 2. The van der Waals surface area contributed by atoms with E-state index >= 15 is 0 Å². The summed E-state index contributed by atoms with van der Waals surface area (Å²) in [5.74, 6) is -0.218. The number of carbonyl (C=O) groups is 1. The van der Waals surface area contributed by atoms with E-state index in [1.165, 1.54) is 17.0 Å². The van der Waals surface area contributed by atoms with Crippen LogP contribution < -0.4 is 10.5 Å². The molecule has 9 nitrogen and oxygen atoms in total. The predicted octanol–water partition coefficient (Wildman–Crippen LogP) is 2.12. The summed E-state index contributed by atoms with van der Waals surface area (Å²) in [5, 5.41) is 11.1. The fourth-order valence-electron chi connectivity index (χ4n) is 2.35. The molecular formula is C16H19N5O4. The van der Waals surface area contributed by atoms with E-state index in [4.69, 9.17) is 10.5 Å². The Morgan fingerprint density at radius 3 is 2.56 bits per heavy atom. The van der Waals surface area contributed by atoms with Crippen molar-refractivity contribution < 1.29 is 14.5 Å². The number of nitro benzene ring substituents is 1. The van der Waals surface area contributed by atoms with Crippen molar-refractivity contribution in [3.8, 4) is 5.75 Å². The fourth-order valence-corrected chi connectivity index (χ4v) is 2.35. The highest BCUT2D eigenvalue weighted by Crippen LogP contribution is 2.31. The summed E-state index contributed by atoms with van der Waals surface area (Å²) >= 11 is 0. The van der Waals surface area contributed by atoms with E-state index in [9.17, 15) is 14.9 Å². The van der Waals surface area contributed by atoms with Gasteiger partial charge in [-0.25, -0.2) is 9.97 Å². The molecule has 0 radical (unpaired) electrons. The maximum atomic E-state index is 12.5. The molecule has 0 bridgehead atoms. The Hall–Kier alpha value is -3.23. The van der Waals surface area contributed by atoms with Crippen molar-refractivity contribution in [2.45, 2.75) is 20.0 Å². The predicted molar refractivity (Wildman–Crippen MR) is 91.3 cm³/mol. The first kappa shape index (κ1) is 18.1. The minimum absolute atomic E-state index is 0.000757. The number of nitro groups is 1. The third-order valence-electron chi connectivity index (χ3n) is 3.51. The molecule has 9 heteroatoms.